The maximum atomic E-state index is 5.89. The molecule has 1 aliphatic carbocycles. The molecular weight excluding hydrogens is 354 g/mol. The first-order chi connectivity index (χ1) is 13.5. The lowest BCUT2D eigenvalue weighted by atomic mass is 9.57. The molecular formula is C22H35N3O3. The van der Waals surface area contributed by atoms with Gasteiger partial charge in [0.2, 0.25) is 0 Å². The summed E-state index contributed by atoms with van der Waals surface area (Å²) in [6, 6.07) is 6.57. The third-order valence-electron chi connectivity index (χ3n) is 5.93. The monoisotopic (exact) mass is 389 g/mol. The highest BCUT2D eigenvalue weighted by Gasteiger charge is 2.59. The first-order valence-corrected chi connectivity index (χ1v) is 10.5. The number of hydrogen-bond acceptors (Lipinski definition) is 4. The van der Waals surface area contributed by atoms with Crippen LogP contribution < -0.4 is 20.1 Å². The van der Waals surface area contributed by atoms with Gasteiger partial charge in [-0.1, -0.05) is 19.9 Å². The topological polar surface area (TPSA) is 64.1 Å². The molecule has 3 unspecified atom stereocenters. The van der Waals surface area contributed by atoms with E-state index in [0.29, 0.717) is 31.3 Å². The van der Waals surface area contributed by atoms with Crippen molar-refractivity contribution in [1.82, 2.24) is 10.6 Å². The Kier molecular flexibility index (Phi) is 6.70. The summed E-state index contributed by atoms with van der Waals surface area (Å²) in [5.74, 6) is 3.07. The molecule has 3 atom stereocenters. The summed E-state index contributed by atoms with van der Waals surface area (Å²) in [5.41, 5.74) is 1.35. The molecule has 2 N–H and O–H groups in total. The van der Waals surface area contributed by atoms with Crippen LogP contribution in [0.3, 0.4) is 0 Å². The Morgan fingerprint density at radius 3 is 2.68 bits per heavy atom. The molecule has 0 radical (unpaired) electrons. The lowest BCUT2D eigenvalue weighted by molar-refractivity contribution is -0.106. The average molecular weight is 390 g/mol. The van der Waals surface area contributed by atoms with Crippen molar-refractivity contribution in [1.29, 1.82) is 0 Å². The summed E-state index contributed by atoms with van der Waals surface area (Å²) in [7, 11) is 1.83. The molecule has 3 rings (SSSR count). The summed E-state index contributed by atoms with van der Waals surface area (Å²) < 4.78 is 17.3. The summed E-state index contributed by atoms with van der Waals surface area (Å²) in [6.07, 6.45) is 2.40. The van der Waals surface area contributed by atoms with E-state index >= 15 is 0 Å². The van der Waals surface area contributed by atoms with Crippen LogP contribution in [-0.4, -0.2) is 51.5 Å². The molecule has 1 aromatic carbocycles. The van der Waals surface area contributed by atoms with Crippen LogP contribution >= 0.6 is 0 Å². The maximum Gasteiger partial charge on any atom is 0.191 e. The van der Waals surface area contributed by atoms with Crippen LogP contribution in [0.25, 0.3) is 0 Å². The molecule has 6 nitrogen and oxygen atoms in total. The Bertz CT molecular complexity index is 690. The highest BCUT2D eigenvalue weighted by molar-refractivity contribution is 5.80. The molecule has 28 heavy (non-hydrogen) atoms. The Hall–Kier alpha value is -1.95. The van der Waals surface area contributed by atoms with Gasteiger partial charge in [0, 0.05) is 37.6 Å². The number of fused-ring (bicyclic) bond motifs is 1. The molecule has 0 bridgehead atoms. The Balaban J connectivity index is 1.53. The zero-order valence-electron chi connectivity index (χ0n) is 17.9. The Morgan fingerprint density at radius 2 is 1.96 bits per heavy atom. The van der Waals surface area contributed by atoms with Crippen LogP contribution in [0.2, 0.25) is 0 Å². The number of hydrogen-bond donors (Lipinski definition) is 2. The molecule has 0 amide bonds. The van der Waals surface area contributed by atoms with E-state index in [0.717, 1.165) is 43.5 Å². The molecule has 1 saturated heterocycles. The van der Waals surface area contributed by atoms with E-state index in [2.05, 4.69) is 41.6 Å². The predicted octanol–water partition coefficient (Wildman–Crippen LogP) is 3.01. The minimum Gasteiger partial charge on any atom is -0.490 e. The second-order valence-electron chi connectivity index (χ2n) is 8.08. The first-order valence-electron chi connectivity index (χ1n) is 10.5. The molecule has 6 heteroatoms. The van der Waals surface area contributed by atoms with Crippen molar-refractivity contribution < 1.29 is 14.2 Å². The highest BCUT2D eigenvalue weighted by atomic mass is 16.5. The van der Waals surface area contributed by atoms with Crippen molar-refractivity contribution in [2.45, 2.75) is 52.7 Å². The summed E-state index contributed by atoms with van der Waals surface area (Å²) in [4.78, 5) is 4.42. The highest BCUT2D eigenvalue weighted by Crippen LogP contribution is 2.52. The van der Waals surface area contributed by atoms with Crippen LogP contribution in [0.4, 0.5) is 0 Å². The zero-order chi connectivity index (χ0) is 20.1. The fraction of sp³-hybridized carbons (Fsp3) is 0.682. The van der Waals surface area contributed by atoms with Crippen molar-refractivity contribution in [3.8, 4) is 11.5 Å². The molecule has 1 heterocycles. The molecule has 1 aromatic rings. The molecule has 0 aromatic heterocycles. The van der Waals surface area contributed by atoms with E-state index in [1.54, 1.807) is 0 Å². The molecule has 2 aliphatic rings. The van der Waals surface area contributed by atoms with Gasteiger partial charge in [-0.15, -0.1) is 0 Å². The van der Waals surface area contributed by atoms with Crippen LogP contribution in [0.15, 0.2) is 23.2 Å². The van der Waals surface area contributed by atoms with Crippen molar-refractivity contribution in [3.05, 3.63) is 23.8 Å². The standard InChI is InChI=1S/C22H35N3O3/c1-6-26-17-9-8-15(14-18(17)27-7-2)10-12-24-21(23-5)25-19-16-11-13-28-20(16)22(19,3)4/h8-9,14,16,19-20H,6-7,10-13H2,1-5H3,(H2,23,24,25). The third-order valence-corrected chi connectivity index (χ3v) is 5.93. The Labute approximate surface area is 169 Å². The molecule has 156 valence electrons. The van der Waals surface area contributed by atoms with Crippen molar-refractivity contribution >= 4 is 5.96 Å². The number of benzene rings is 1. The van der Waals surface area contributed by atoms with Gasteiger partial charge in [0.25, 0.3) is 0 Å². The van der Waals surface area contributed by atoms with Gasteiger partial charge in [-0.3, -0.25) is 4.99 Å². The zero-order valence-corrected chi connectivity index (χ0v) is 17.9. The average Bonchev–Trinajstić information content (AvgIpc) is 3.14. The molecule has 1 saturated carbocycles. The van der Waals surface area contributed by atoms with Crippen LogP contribution in [0.1, 0.15) is 39.7 Å². The minimum absolute atomic E-state index is 0.139. The summed E-state index contributed by atoms with van der Waals surface area (Å²) in [5, 5.41) is 7.07. The van der Waals surface area contributed by atoms with Crippen LogP contribution in [0.5, 0.6) is 11.5 Å². The van der Waals surface area contributed by atoms with Crippen molar-refractivity contribution in [2.24, 2.45) is 16.3 Å². The maximum absolute atomic E-state index is 5.89. The van der Waals surface area contributed by atoms with E-state index in [4.69, 9.17) is 14.2 Å². The van der Waals surface area contributed by atoms with E-state index in [1.807, 2.05) is 27.0 Å². The van der Waals surface area contributed by atoms with Crippen molar-refractivity contribution in [3.63, 3.8) is 0 Å². The van der Waals surface area contributed by atoms with Gasteiger partial charge in [-0.2, -0.15) is 0 Å². The second kappa shape index (κ2) is 9.03. The predicted molar refractivity (Wildman–Crippen MR) is 112 cm³/mol. The lowest BCUT2D eigenvalue weighted by Crippen LogP contribution is -2.68. The third kappa shape index (κ3) is 4.22. The smallest absolute Gasteiger partial charge is 0.191 e. The molecule has 2 fully saturated rings. The van der Waals surface area contributed by atoms with Gasteiger partial charge < -0.3 is 24.8 Å². The first kappa shape index (κ1) is 20.8. The van der Waals surface area contributed by atoms with Crippen LogP contribution in [-0.2, 0) is 11.2 Å². The fourth-order valence-electron chi connectivity index (χ4n) is 4.54. The number of aliphatic imine (C=N–C) groups is 1. The largest absolute Gasteiger partial charge is 0.490 e. The minimum atomic E-state index is 0.139. The second-order valence-corrected chi connectivity index (χ2v) is 8.08. The van der Waals surface area contributed by atoms with Gasteiger partial charge in [-0.25, -0.2) is 0 Å². The number of ether oxygens (including phenoxy) is 3. The molecule has 0 spiro atoms. The van der Waals surface area contributed by atoms with Crippen molar-refractivity contribution in [2.75, 3.05) is 33.4 Å². The van der Waals surface area contributed by atoms with Gasteiger partial charge in [0.1, 0.15) is 0 Å². The van der Waals surface area contributed by atoms with Crippen LogP contribution in [0, 0.1) is 11.3 Å². The van der Waals surface area contributed by atoms with Gasteiger partial charge >= 0.3 is 0 Å². The molecule has 1 aliphatic heterocycles. The number of rotatable bonds is 8. The summed E-state index contributed by atoms with van der Waals surface area (Å²) >= 11 is 0. The Morgan fingerprint density at radius 1 is 1.21 bits per heavy atom. The lowest BCUT2D eigenvalue weighted by Gasteiger charge is -2.54. The fourth-order valence-corrected chi connectivity index (χ4v) is 4.54. The quantitative estimate of drug-likeness (QED) is 0.529. The summed E-state index contributed by atoms with van der Waals surface area (Å²) in [6.45, 7) is 11.5. The van der Waals surface area contributed by atoms with Gasteiger partial charge in [0.05, 0.1) is 19.3 Å². The van der Waals surface area contributed by atoms with Gasteiger partial charge in [-0.05, 0) is 44.4 Å². The van der Waals surface area contributed by atoms with E-state index in [9.17, 15) is 0 Å². The number of nitrogens with zero attached hydrogens (tertiary/aromatic N) is 1. The van der Waals surface area contributed by atoms with Gasteiger partial charge in [0.15, 0.2) is 17.5 Å². The van der Waals surface area contributed by atoms with E-state index in [1.165, 1.54) is 5.56 Å². The van der Waals surface area contributed by atoms with E-state index in [-0.39, 0.29) is 5.41 Å². The normalized spacial score (nSPS) is 25.6. The number of guanidine groups is 1. The number of nitrogens with one attached hydrogen (secondary N) is 2. The SMILES string of the molecule is CCOc1ccc(CCNC(=NC)NC2C3CCOC3C2(C)C)cc1OCC. The van der Waals surface area contributed by atoms with E-state index < -0.39 is 0 Å².